The first kappa shape index (κ1) is 12.9. The van der Waals surface area contributed by atoms with E-state index in [9.17, 15) is 0 Å². The molecular formula is C20H20. The van der Waals surface area contributed by atoms with Crippen molar-refractivity contribution >= 4 is 5.57 Å². The predicted molar refractivity (Wildman–Crippen MR) is 86.8 cm³/mol. The van der Waals surface area contributed by atoms with Crippen LogP contribution in [0.4, 0.5) is 0 Å². The molecule has 0 N–H and O–H groups in total. The van der Waals surface area contributed by atoms with Crippen molar-refractivity contribution < 1.29 is 0 Å². The zero-order chi connectivity index (χ0) is 13.9. The van der Waals surface area contributed by atoms with Crippen LogP contribution in [-0.4, -0.2) is 0 Å². The minimum Gasteiger partial charge on any atom is -0.0761 e. The minimum atomic E-state index is 0.518. The Kier molecular flexibility index (Phi) is 3.56. The van der Waals surface area contributed by atoms with Crippen LogP contribution in [0.2, 0.25) is 0 Å². The van der Waals surface area contributed by atoms with Crippen LogP contribution in [-0.2, 0) is 0 Å². The topological polar surface area (TPSA) is 0 Å². The fraction of sp³-hybridized carbons (Fsp3) is 0.200. The summed E-state index contributed by atoms with van der Waals surface area (Å²) >= 11 is 0. The van der Waals surface area contributed by atoms with Crippen LogP contribution in [0, 0.1) is 13.8 Å². The van der Waals surface area contributed by atoms with Gasteiger partial charge in [0.15, 0.2) is 0 Å². The van der Waals surface area contributed by atoms with Crippen molar-refractivity contribution in [3.63, 3.8) is 0 Å². The van der Waals surface area contributed by atoms with Crippen molar-refractivity contribution in [3.05, 3.63) is 89.0 Å². The summed E-state index contributed by atoms with van der Waals surface area (Å²) in [6.45, 7) is 4.26. The number of allylic oxidation sites excluding steroid dienone is 4. The highest BCUT2D eigenvalue weighted by Crippen LogP contribution is 2.30. The lowest BCUT2D eigenvalue weighted by atomic mass is 9.88. The maximum absolute atomic E-state index is 2.36. The molecule has 0 fully saturated rings. The molecule has 0 amide bonds. The van der Waals surface area contributed by atoms with Gasteiger partial charge in [0.25, 0.3) is 0 Å². The van der Waals surface area contributed by atoms with E-state index in [2.05, 4.69) is 80.6 Å². The molecule has 0 heterocycles. The molecule has 0 radical (unpaired) electrons. The van der Waals surface area contributed by atoms with Crippen molar-refractivity contribution in [2.45, 2.75) is 26.2 Å². The van der Waals surface area contributed by atoms with Gasteiger partial charge < -0.3 is 0 Å². The van der Waals surface area contributed by atoms with E-state index in [1.165, 1.54) is 27.8 Å². The summed E-state index contributed by atoms with van der Waals surface area (Å²) in [5.41, 5.74) is 6.70. The summed E-state index contributed by atoms with van der Waals surface area (Å²) < 4.78 is 0. The Morgan fingerprint density at radius 3 is 1.95 bits per heavy atom. The lowest BCUT2D eigenvalue weighted by Gasteiger charge is -2.17. The summed E-state index contributed by atoms with van der Waals surface area (Å²) in [5.74, 6) is 0.518. The second-order valence-electron chi connectivity index (χ2n) is 5.64. The fourth-order valence-corrected chi connectivity index (χ4v) is 2.64. The maximum atomic E-state index is 2.36. The molecule has 0 spiro atoms. The molecule has 1 aliphatic carbocycles. The zero-order valence-electron chi connectivity index (χ0n) is 12.1. The fourth-order valence-electron chi connectivity index (χ4n) is 2.64. The first-order valence-electron chi connectivity index (χ1n) is 7.24. The Balaban J connectivity index is 1.77. The average Bonchev–Trinajstić information content (AvgIpc) is 2.49. The van der Waals surface area contributed by atoms with Crippen LogP contribution in [0.3, 0.4) is 0 Å². The third-order valence-electron chi connectivity index (χ3n) is 3.99. The highest BCUT2D eigenvalue weighted by atomic mass is 14.2. The predicted octanol–water partition coefficient (Wildman–Crippen LogP) is 5.43. The molecular weight excluding hydrogens is 240 g/mol. The van der Waals surface area contributed by atoms with Gasteiger partial charge in [0, 0.05) is 5.92 Å². The van der Waals surface area contributed by atoms with Crippen LogP contribution >= 0.6 is 0 Å². The molecule has 100 valence electrons. The first-order valence-corrected chi connectivity index (χ1v) is 7.24. The number of rotatable bonds is 2. The molecule has 2 aromatic carbocycles. The number of hydrogen-bond donors (Lipinski definition) is 0. The van der Waals surface area contributed by atoms with E-state index < -0.39 is 0 Å². The van der Waals surface area contributed by atoms with E-state index in [-0.39, 0.29) is 0 Å². The minimum absolute atomic E-state index is 0.518. The molecule has 0 heteroatoms. The van der Waals surface area contributed by atoms with Gasteiger partial charge in [0.2, 0.25) is 0 Å². The van der Waals surface area contributed by atoms with Crippen molar-refractivity contribution in [2.24, 2.45) is 0 Å². The summed E-state index contributed by atoms with van der Waals surface area (Å²) in [4.78, 5) is 0. The molecule has 0 bridgehead atoms. The lowest BCUT2D eigenvalue weighted by Crippen LogP contribution is -1.98. The van der Waals surface area contributed by atoms with Crippen LogP contribution in [0.1, 0.15) is 34.6 Å². The van der Waals surface area contributed by atoms with Gasteiger partial charge >= 0.3 is 0 Å². The van der Waals surface area contributed by atoms with Crippen molar-refractivity contribution in [1.29, 1.82) is 0 Å². The van der Waals surface area contributed by atoms with Crippen molar-refractivity contribution in [3.8, 4) is 0 Å². The highest BCUT2D eigenvalue weighted by molar-refractivity contribution is 5.75. The second kappa shape index (κ2) is 5.50. The maximum Gasteiger partial charge on any atom is 0.00561 e. The molecule has 0 aliphatic heterocycles. The molecule has 20 heavy (non-hydrogen) atoms. The van der Waals surface area contributed by atoms with E-state index in [1.807, 2.05) is 0 Å². The SMILES string of the molecule is Cc1ccc(C2=CCC(c3ccc(C)cc3)C=C2)cc1. The molecule has 0 nitrogen and oxygen atoms in total. The Hall–Kier alpha value is -2.08. The first-order chi connectivity index (χ1) is 9.72. The largest absolute Gasteiger partial charge is 0.0761 e. The van der Waals surface area contributed by atoms with Gasteiger partial charge in [-0.25, -0.2) is 0 Å². The van der Waals surface area contributed by atoms with Crippen LogP contribution in [0.15, 0.2) is 66.8 Å². The van der Waals surface area contributed by atoms with E-state index in [4.69, 9.17) is 0 Å². The standard InChI is InChI=1S/C20H20/c1-15-3-7-17(8-4-15)19-11-13-20(14-12-19)18-9-5-16(2)6-10-18/h3-13,20H,14H2,1-2H3. The number of benzene rings is 2. The van der Waals surface area contributed by atoms with Gasteiger partial charge in [-0.15, -0.1) is 0 Å². The molecule has 1 unspecified atom stereocenters. The molecule has 1 aliphatic rings. The third-order valence-corrected chi connectivity index (χ3v) is 3.99. The van der Waals surface area contributed by atoms with Gasteiger partial charge in [-0.05, 0) is 37.0 Å². The van der Waals surface area contributed by atoms with Gasteiger partial charge in [0.1, 0.15) is 0 Å². The molecule has 0 saturated heterocycles. The van der Waals surface area contributed by atoms with E-state index in [1.54, 1.807) is 0 Å². The average molecular weight is 260 g/mol. The Labute approximate surface area is 121 Å². The van der Waals surface area contributed by atoms with Gasteiger partial charge in [-0.2, -0.15) is 0 Å². The van der Waals surface area contributed by atoms with Crippen LogP contribution < -0.4 is 0 Å². The zero-order valence-corrected chi connectivity index (χ0v) is 12.1. The van der Waals surface area contributed by atoms with E-state index in [0.29, 0.717) is 5.92 Å². The van der Waals surface area contributed by atoms with E-state index >= 15 is 0 Å². The molecule has 2 aromatic rings. The summed E-state index contributed by atoms with van der Waals surface area (Å²) in [7, 11) is 0. The lowest BCUT2D eigenvalue weighted by molar-refractivity contribution is 0.856. The van der Waals surface area contributed by atoms with Gasteiger partial charge in [-0.1, -0.05) is 77.9 Å². The summed E-state index contributed by atoms with van der Waals surface area (Å²) in [5, 5.41) is 0. The quantitative estimate of drug-likeness (QED) is 0.675. The van der Waals surface area contributed by atoms with Crippen molar-refractivity contribution in [1.82, 2.24) is 0 Å². The summed E-state index contributed by atoms with van der Waals surface area (Å²) in [6.07, 6.45) is 8.04. The summed E-state index contributed by atoms with van der Waals surface area (Å²) in [6, 6.07) is 17.6. The molecule has 0 saturated carbocycles. The molecule has 3 rings (SSSR count). The molecule has 0 aromatic heterocycles. The normalized spacial score (nSPS) is 17.9. The monoisotopic (exact) mass is 260 g/mol. The van der Waals surface area contributed by atoms with Crippen LogP contribution in [0.5, 0.6) is 0 Å². The Morgan fingerprint density at radius 2 is 1.40 bits per heavy atom. The number of hydrogen-bond acceptors (Lipinski definition) is 0. The Bertz CT molecular complexity index is 639. The van der Waals surface area contributed by atoms with E-state index in [0.717, 1.165) is 6.42 Å². The Morgan fingerprint density at radius 1 is 0.800 bits per heavy atom. The smallest absolute Gasteiger partial charge is 0.00561 e. The van der Waals surface area contributed by atoms with Crippen LogP contribution in [0.25, 0.3) is 5.57 Å². The van der Waals surface area contributed by atoms with Gasteiger partial charge in [0.05, 0.1) is 0 Å². The van der Waals surface area contributed by atoms with Gasteiger partial charge in [-0.3, -0.25) is 0 Å². The molecule has 1 atom stereocenters. The van der Waals surface area contributed by atoms with Crippen molar-refractivity contribution in [2.75, 3.05) is 0 Å². The third kappa shape index (κ3) is 2.75. The second-order valence-corrected chi connectivity index (χ2v) is 5.64. The number of aryl methyl sites for hydroxylation is 2. The highest BCUT2D eigenvalue weighted by Gasteiger charge is 2.11.